The van der Waals surface area contributed by atoms with Gasteiger partial charge in [-0.3, -0.25) is 4.79 Å². The highest BCUT2D eigenvalue weighted by atomic mass is 16.2. The molecule has 94 valence electrons. The zero-order chi connectivity index (χ0) is 12.1. The molecule has 0 radical (unpaired) electrons. The molecule has 0 aromatic carbocycles. The highest BCUT2D eigenvalue weighted by molar-refractivity contribution is 5.88. The van der Waals surface area contributed by atoms with Crippen LogP contribution in [0.2, 0.25) is 0 Å². The van der Waals surface area contributed by atoms with E-state index in [1.807, 2.05) is 25.2 Å². The van der Waals surface area contributed by atoms with E-state index in [4.69, 9.17) is 0 Å². The van der Waals surface area contributed by atoms with Crippen molar-refractivity contribution in [3.63, 3.8) is 0 Å². The van der Waals surface area contributed by atoms with Gasteiger partial charge in [0.25, 0.3) is 0 Å². The Morgan fingerprint density at radius 3 is 2.71 bits per heavy atom. The van der Waals surface area contributed by atoms with Crippen molar-refractivity contribution in [1.29, 1.82) is 0 Å². The van der Waals surface area contributed by atoms with E-state index in [1.165, 1.54) is 38.5 Å². The average molecular weight is 233 g/mol. The number of allylic oxidation sites excluding steroid dienone is 3. The number of carbonyl (C=O) groups is 1. The predicted octanol–water partition coefficient (Wildman–Crippen LogP) is 3.30. The fourth-order valence-corrected chi connectivity index (χ4v) is 3.24. The Balaban J connectivity index is 2.00. The molecule has 1 amide bonds. The van der Waals surface area contributed by atoms with Gasteiger partial charge in [-0.15, -0.1) is 0 Å². The van der Waals surface area contributed by atoms with Crippen LogP contribution in [0.4, 0.5) is 0 Å². The molecule has 2 nitrogen and oxygen atoms in total. The summed E-state index contributed by atoms with van der Waals surface area (Å²) in [7, 11) is 0. The minimum Gasteiger partial charge on any atom is -0.336 e. The Hall–Kier alpha value is -1.05. The molecule has 1 saturated carbocycles. The van der Waals surface area contributed by atoms with Gasteiger partial charge in [0, 0.05) is 18.7 Å². The number of amides is 1. The van der Waals surface area contributed by atoms with E-state index in [0.29, 0.717) is 6.04 Å². The highest BCUT2D eigenvalue weighted by Crippen LogP contribution is 2.35. The molecule has 2 heteroatoms. The molecule has 17 heavy (non-hydrogen) atoms. The van der Waals surface area contributed by atoms with Gasteiger partial charge in [0.15, 0.2) is 0 Å². The molecule has 1 aliphatic heterocycles. The first-order chi connectivity index (χ1) is 8.33. The summed E-state index contributed by atoms with van der Waals surface area (Å²) in [5.74, 6) is 0.983. The molecule has 2 atom stereocenters. The van der Waals surface area contributed by atoms with E-state index >= 15 is 0 Å². The first-order valence-electron chi connectivity index (χ1n) is 6.93. The minimum absolute atomic E-state index is 0.208. The van der Waals surface area contributed by atoms with Crippen molar-refractivity contribution < 1.29 is 4.79 Å². The molecule has 0 aromatic rings. The van der Waals surface area contributed by atoms with Gasteiger partial charge in [-0.2, -0.15) is 0 Å². The number of piperidine rings is 1. The Labute approximate surface area is 104 Å². The molecule has 2 rings (SSSR count). The predicted molar refractivity (Wildman–Crippen MR) is 70.6 cm³/mol. The van der Waals surface area contributed by atoms with Crippen LogP contribution in [0.3, 0.4) is 0 Å². The van der Waals surface area contributed by atoms with Crippen LogP contribution in [0.25, 0.3) is 0 Å². The quantitative estimate of drug-likeness (QED) is 0.529. The van der Waals surface area contributed by atoms with Gasteiger partial charge in [-0.25, -0.2) is 0 Å². The summed E-state index contributed by atoms with van der Waals surface area (Å²) < 4.78 is 0. The average Bonchev–Trinajstić information content (AvgIpc) is 2.38. The summed E-state index contributed by atoms with van der Waals surface area (Å²) >= 11 is 0. The van der Waals surface area contributed by atoms with E-state index in [1.54, 1.807) is 6.08 Å². The Bertz CT molecular complexity index is 317. The van der Waals surface area contributed by atoms with Crippen molar-refractivity contribution in [2.75, 3.05) is 6.54 Å². The second-order valence-electron chi connectivity index (χ2n) is 5.17. The number of hydrogen-bond donors (Lipinski definition) is 0. The van der Waals surface area contributed by atoms with Crippen LogP contribution in [0.5, 0.6) is 0 Å². The van der Waals surface area contributed by atoms with Crippen LogP contribution in [-0.4, -0.2) is 23.4 Å². The maximum absolute atomic E-state index is 12.1. The van der Waals surface area contributed by atoms with Gasteiger partial charge in [0.1, 0.15) is 0 Å². The van der Waals surface area contributed by atoms with Crippen molar-refractivity contribution in [3.05, 3.63) is 24.3 Å². The zero-order valence-electron chi connectivity index (χ0n) is 10.8. The second kappa shape index (κ2) is 6.04. The largest absolute Gasteiger partial charge is 0.336 e. The molecule has 2 fully saturated rings. The maximum Gasteiger partial charge on any atom is 0.246 e. The lowest BCUT2D eigenvalue weighted by Crippen LogP contribution is -2.49. The topological polar surface area (TPSA) is 20.3 Å². The number of nitrogens with zero attached hydrogens (tertiary/aromatic N) is 1. The third-order valence-electron chi connectivity index (χ3n) is 4.07. The van der Waals surface area contributed by atoms with Crippen molar-refractivity contribution >= 4 is 5.91 Å². The van der Waals surface area contributed by atoms with Gasteiger partial charge in [0.05, 0.1) is 0 Å². The number of rotatable bonds is 2. The van der Waals surface area contributed by atoms with E-state index < -0.39 is 0 Å². The fourth-order valence-electron chi connectivity index (χ4n) is 3.24. The maximum atomic E-state index is 12.1. The third kappa shape index (κ3) is 2.99. The summed E-state index contributed by atoms with van der Waals surface area (Å²) in [6.07, 6.45) is 15.1. The van der Waals surface area contributed by atoms with E-state index in [0.717, 1.165) is 12.5 Å². The van der Waals surface area contributed by atoms with Crippen LogP contribution in [0.15, 0.2) is 24.3 Å². The monoisotopic (exact) mass is 233 g/mol. The SMILES string of the molecule is C/C=C/C=C/C(=O)N1CCCC2CCCCC21. The van der Waals surface area contributed by atoms with Gasteiger partial charge in [-0.1, -0.05) is 31.1 Å². The molecule has 0 aromatic heterocycles. The molecule has 2 unspecified atom stereocenters. The lowest BCUT2D eigenvalue weighted by molar-refractivity contribution is -0.132. The van der Waals surface area contributed by atoms with E-state index in [2.05, 4.69) is 4.90 Å². The van der Waals surface area contributed by atoms with Gasteiger partial charge in [-0.05, 0) is 38.5 Å². The van der Waals surface area contributed by atoms with Crippen LogP contribution in [0.1, 0.15) is 45.4 Å². The summed E-state index contributed by atoms with van der Waals surface area (Å²) in [5.41, 5.74) is 0. The van der Waals surface area contributed by atoms with Crippen molar-refractivity contribution in [2.45, 2.75) is 51.5 Å². The van der Waals surface area contributed by atoms with Crippen LogP contribution in [0, 0.1) is 5.92 Å². The van der Waals surface area contributed by atoms with Gasteiger partial charge >= 0.3 is 0 Å². The van der Waals surface area contributed by atoms with Gasteiger partial charge < -0.3 is 4.90 Å². The minimum atomic E-state index is 0.208. The Morgan fingerprint density at radius 2 is 1.88 bits per heavy atom. The third-order valence-corrected chi connectivity index (χ3v) is 4.07. The summed E-state index contributed by atoms with van der Waals surface area (Å²) in [5, 5.41) is 0. The molecule has 1 aliphatic carbocycles. The summed E-state index contributed by atoms with van der Waals surface area (Å²) in [4.78, 5) is 14.3. The number of likely N-dealkylation sites (tertiary alicyclic amines) is 1. The number of carbonyl (C=O) groups excluding carboxylic acids is 1. The second-order valence-corrected chi connectivity index (χ2v) is 5.17. The van der Waals surface area contributed by atoms with Crippen LogP contribution in [-0.2, 0) is 4.79 Å². The lowest BCUT2D eigenvalue weighted by Gasteiger charge is -2.43. The summed E-state index contributed by atoms with van der Waals surface area (Å²) in [6, 6.07) is 0.528. The number of hydrogen-bond acceptors (Lipinski definition) is 1. The standard InChI is InChI=1S/C15H23NO/c1-2-3-4-11-15(17)16-12-7-9-13-8-5-6-10-14(13)16/h2-4,11,13-14H,5-10,12H2,1H3/b3-2+,11-4+. The molecule has 1 saturated heterocycles. The van der Waals surface area contributed by atoms with Gasteiger partial charge in [0.2, 0.25) is 5.91 Å². The molecule has 0 spiro atoms. The first kappa shape index (κ1) is 12.4. The van der Waals surface area contributed by atoms with Crippen molar-refractivity contribution in [3.8, 4) is 0 Å². The fraction of sp³-hybridized carbons (Fsp3) is 0.667. The van der Waals surface area contributed by atoms with Crippen molar-refractivity contribution in [1.82, 2.24) is 4.90 Å². The Morgan fingerprint density at radius 1 is 1.12 bits per heavy atom. The smallest absolute Gasteiger partial charge is 0.246 e. The van der Waals surface area contributed by atoms with Crippen LogP contribution >= 0.6 is 0 Å². The zero-order valence-corrected chi connectivity index (χ0v) is 10.8. The molecule has 2 aliphatic rings. The molecular weight excluding hydrogens is 210 g/mol. The molecule has 0 bridgehead atoms. The van der Waals surface area contributed by atoms with E-state index in [-0.39, 0.29) is 5.91 Å². The van der Waals surface area contributed by atoms with Crippen molar-refractivity contribution in [2.24, 2.45) is 5.92 Å². The summed E-state index contributed by atoms with van der Waals surface area (Å²) in [6.45, 7) is 2.92. The highest BCUT2D eigenvalue weighted by Gasteiger charge is 2.34. The molecule has 1 heterocycles. The normalized spacial score (nSPS) is 29.8. The van der Waals surface area contributed by atoms with Crippen LogP contribution < -0.4 is 0 Å². The molecule has 0 N–H and O–H groups in total. The number of fused-ring (bicyclic) bond motifs is 1. The lowest BCUT2D eigenvalue weighted by atomic mass is 9.78. The molecular formula is C15H23NO. The van der Waals surface area contributed by atoms with E-state index in [9.17, 15) is 4.79 Å². The Kier molecular flexibility index (Phi) is 4.41. The first-order valence-corrected chi connectivity index (χ1v) is 6.93.